The second kappa shape index (κ2) is 5.23. The van der Waals surface area contributed by atoms with Crippen molar-refractivity contribution in [2.45, 2.75) is 13.0 Å². The van der Waals surface area contributed by atoms with E-state index in [1.807, 2.05) is 36.2 Å². The van der Waals surface area contributed by atoms with Crippen LogP contribution in [0.5, 0.6) is 0 Å². The van der Waals surface area contributed by atoms with Gasteiger partial charge < -0.3 is 10.6 Å². The fourth-order valence-electron chi connectivity index (χ4n) is 1.78. The summed E-state index contributed by atoms with van der Waals surface area (Å²) in [5, 5.41) is 0.749. The number of anilines is 2. The van der Waals surface area contributed by atoms with Crippen LogP contribution in [-0.2, 0) is 0 Å². The van der Waals surface area contributed by atoms with Gasteiger partial charge in [0.05, 0.1) is 6.04 Å². The molecule has 4 nitrogen and oxygen atoms in total. The lowest BCUT2D eigenvalue weighted by Gasteiger charge is -2.26. The van der Waals surface area contributed by atoms with E-state index in [2.05, 4.69) is 16.9 Å². The Bertz CT molecular complexity index is 544. The lowest BCUT2D eigenvalue weighted by molar-refractivity contribution is 0.727. The van der Waals surface area contributed by atoms with E-state index >= 15 is 0 Å². The molecule has 0 bridgehead atoms. The standard InChI is InChI=1S/C13H15ClN4/c1-9(10-5-3-4-6-11(10)14)18(2)13-7-12(15)16-8-17-13/h3-9H,1-2H3,(H2,15,16,17). The molecule has 0 radical (unpaired) electrons. The highest BCUT2D eigenvalue weighted by molar-refractivity contribution is 6.31. The first-order valence-electron chi connectivity index (χ1n) is 5.64. The second-order valence-corrected chi connectivity index (χ2v) is 4.52. The van der Waals surface area contributed by atoms with E-state index < -0.39 is 0 Å². The van der Waals surface area contributed by atoms with Crippen LogP contribution in [0.2, 0.25) is 5.02 Å². The van der Waals surface area contributed by atoms with Crippen molar-refractivity contribution in [3.8, 4) is 0 Å². The zero-order valence-electron chi connectivity index (χ0n) is 10.3. The average molecular weight is 263 g/mol. The number of hydrogen-bond acceptors (Lipinski definition) is 4. The van der Waals surface area contributed by atoms with Crippen molar-refractivity contribution < 1.29 is 0 Å². The van der Waals surface area contributed by atoms with Crippen molar-refractivity contribution in [3.63, 3.8) is 0 Å². The van der Waals surface area contributed by atoms with E-state index in [4.69, 9.17) is 17.3 Å². The van der Waals surface area contributed by atoms with Gasteiger partial charge in [-0.2, -0.15) is 0 Å². The van der Waals surface area contributed by atoms with Crippen LogP contribution >= 0.6 is 11.6 Å². The summed E-state index contributed by atoms with van der Waals surface area (Å²) in [7, 11) is 1.95. The molecule has 0 amide bonds. The molecule has 1 atom stereocenters. The fourth-order valence-corrected chi connectivity index (χ4v) is 2.07. The van der Waals surface area contributed by atoms with Gasteiger partial charge in [-0.1, -0.05) is 29.8 Å². The number of aromatic nitrogens is 2. The van der Waals surface area contributed by atoms with E-state index in [0.29, 0.717) is 5.82 Å². The molecule has 94 valence electrons. The molecular weight excluding hydrogens is 248 g/mol. The molecule has 0 saturated carbocycles. The average Bonchev–Trinajstić information content (AvgIpc) is 2.37. The van der Waals surface area contributed by atoms with E-state index in [9.17, 15) is 0 Å². The first-order valence-corrected chi connectivity index (χ1v) is 6.02. The Morgan fingerprint density at radius 1 is 1.28 bits per heavy atom. The Labute approximate surface area is 111 Å². The molecule has 0 aliphatic carbocycles. The molecule has 1 heterocycles. The molecule has 2 aromatic rings. The molecule has 2 N–H and O–H groups in total. The predicted octanol–water partition coefficient (Wildman–Crippen LogP) is 2.91. The molecule has 0 spiro atoms. The molecule has 2 rings (SSSR count). The summed E-state index contributed by atoms with van der Waals surface area (Å²) in [5.41, 5.74) is 6.72. The van der Waals surface area contributed by atoms with Crippen LogP contribution in [-0.4, -0.2) is 17.0 Å². The van der Waals surface area contributed by atoms with Crippen molar-refractivity contribution in [1.82, 2.24) is 9.97 Å². The zero-order valence-corrected chi connectivity index (χ0v) is 11.1. The SMILES string of the molecule is CC(c1ccccc1Cl)N(C)c1cc(N)ncn1. The van der Waals surface area contributed by atoms with Crippen LogP contribution in [0, 0.1) is 0 Å². The van der Waals surface area contributed by atoms with E-state index in [1.54, 1.807) is 6.07 Å². The summed E-state index contributed by atoms with van der Waals surface area (Å²) < 4.78 is 0. The third kappa shape index (κ3) is 2.54. The Morgan fingerprint density at radius 3 is 2.67 bits per heavy atom. The quantitative estimate of drug-likeness (QED) is 0.924. The molecule has 18 heavy (non-hydrogen) atoms. The predicted molar refractivity (Wildman–Crippen MR) is 74.7 cm³/mol. The summed E-state index contributed by atoms with van der Waals surface area (Å²) in [6, 6.07) is 9.63. The summed E-state index contributed by atoms with van der Waals surface area (Å²) in [4.78, 5) is 10.1. The van der Waals surface area contributed by atoms with Crippen LogP contribution in [0.15, 0.2) is 36.7 Å². The van der Waals surface area contributed by atoms with Gasteiger partial charge in [0.25, 0.3) is 0 Å². The lowest BCUT2D eigenvalue weighted by Crippen LogP contribution is -2.23. The Kier molecular flexibility index (Phi) is 3.67. The smallest absolute Gasteiger partial charge is 0.134 e. The van der Waals surface area contributed by atoms with Crippen molar-refractivity contribution in [2.75, 3.05) is 17.7 Å². The van der Waals surface area contributed by atoms with Crippen molar-refractivity contribution >= 4 is 23.2 Å². The second-order valence-electron chi connectivity index (χ2n) is 4.11. The van der Waals surface area contributed by atoms with E-state index in [1.165, 1.54) is 6.33 Å². The van der Waals surface area contributed by atoms with Crippen molar-refractivity contribution in [3.05, 3.63) is 47.2 Å². The molecule has 0 aliphatic heterocycles. The Morgan fingerprint density at radius 2 is 2.00 bits per heavy atom. The molecule has 5 heteroatoms. The maximum Gasteiger partial charge on any atom is 0.134 e. The topological polar surface area (TPSA) is 55.0 Å². The molecule has 0 saturated heterocycles. The van der Waals surface area contributed by atoms with Crippen LogP contribution in [0.25, 0.3) is 0 Å². The highest BCUT2D eigenvalue weighted by Crippen LogP contribution is 2.28. The van der Waals surface area contributed by atoms with Gasteiger partial charge in [0, 0.05) is 18.1 Å². The molecule has 0 fully saturated rings. The normalized spacial score (nSPS) is 12.2. The Hall–Kier alpha value is -1.81. The minimum atomic E-state index is 0.105. The third-order valence-corrected chi connectivity index (χ3v) is 3.32. The number of nitrogen functional groups attached to an aromatic ring is 1. The van der Waals surface area contributed by atoms with Gasteiger partial charge in [-0.15, -0.1) is 0 Å². The van der Waals surface area contributed by atoms with Gasteiger partial charge in [-0.25, -0.2) is 9.97 Å². The summed E-state index contributed by atoms with van der Waals surface area (Å²) >= 11 is 6.20. The number of nitrogens with zero attached hydrogens (tertiary/aromatic N) is 3. The van der Waals surface area contributed by atoms with Gasteiger partial charge in [-0.3, -0.25) is 0 Å². The summed E-state index contributed by atoms with van der Waals surface area (Å²) in [6.07, 6.45) is 1.46. The first-order chi connectivity index (χ1) is 8.59. The molecule has 1 aromatic heterocycles. The highest BCUT2D eigenvalue weighted by atomic mass is 35.5. The maximum absolute atomic E-state index is 6.20. The van der Waals surface area contributed by atoms with Crippen LogP contribution < -0.4 is 10.6 Å². The van der Waals surface area contributed by atoms with Gasteiger partial charge in [0.2, 0.25) is 0 Å². The van der Waals surface area contributed by atoms with Crippen LogP contribution in [0.4, 0.5) is 11.6 Å². The van der Waals surface area contributed by atoms with Gasteiger partial charge >= 0.3 is 0 Å². The highest BCUT2D eigenvalue weighted by Gasteiger charge is 2.15. The number of halogens is 1. The summed E-state index contributed by atoms with van der Waals surface area (Å²) in [5.74, 6) is 1.23. The monoisotopic (exact) mass is 262 g/mol. The van der Waals surface area contributed by atoms with Gasteiger partial charge in [0.15, 0.2) is 0 Å². The minimum Gasteiger partial charge on any atom is -0.384 e. The first kappa shape index (κ1) is 12.6. The van der Waals surface area contributed by atoms with Crippen LogP contribution in [0.1, 0.15) is 18.5 Å². The maximum atomic E-state index is 6.20. The molecular formula is C13H15ClN4. The van der Waals surface area contributed by atoms with E-state index in [0.717, 1.165) is 16.4 Å². The van der Waals surface area contributed by atoms with Crippen molar-refractivity contribution in [1.29, 1.82) is 0 Å². The number of rotatable bonds is 3. The summed E-state index contributed by atoms with van der Waals surface area (Å²) in [6.45, 7) is 2.07. The Balaban J connectivity index is 2.29. The van der Waals surface area contributed by atoms with E-state index in [-0.39, 0.29) is 6.04 Å². The number of nitrogens with two attached hydrogens (primary N) is 1. The minimum absolute atomic E-state index is 0.105. The molecule has 1 aromatic carbocycles. The molecule has 0 aliphatic rings. The largest absolute Gasteiger partial charge is 0.384 e. The molecule has 1 unspecified atom stereocenters. The van der Waals surface area contributed by atoms with Crippen LogP contribution in [0.3, 0.4) is 0 Å². The van der Waals surface area contributed by atoms with Gasteiger partial charge in [-0.05, 0) is 18.6 Å². The third-order valence-electron chi connectivity index (χ3n) is 2.97. The number of benzene rings is 1. The zero-order chi connectivity index (χ0) is 13.1. The van der Waals surface area contributed by atoms with Gasteiger partial charge in [0.1, 0.15) is 18.0 Å². The van der Waals surface area contributed by atoms with Crippen molar-refractivity contribution in [2.24, 2.45) is 0 Å². The fraction of sp³-hybridized carbons (Fsp3) is 0.231. The number of hydrogen-bond donors (Lipinski definition) is 1. The lowest BCUT2D eigenvalue weighted by atomic mass is 10.1.